The summed E-state index contributed by atoms with van der Waals surface area (Å²) in [6.07, 6.45) is 0.747. The van der Waals surface area contributed by atoms with E-state index in [0.717, 1.165) is 11.3 Å². The number of carbonyl (C=O) groups is 2. The molecule has 31 heavy (non-hydrogen) atoms. The van der Waals surface area contributed by atoms with Crippen molar-refractivity contribution in [2.24, 2.45) is 0 Å². The lowest BCUT2D eigenvalue weighted by atomic mass is 9.73. The summed E-state index contributed by atoms with van der Waals surface area (Å²) in [6, 6.07) is 16.5. The highest BCUT2D eigenvalue weighted by Crippen LogP contribution is 2.36. The maximum Gasteiger partial charge on any atom is 0.314 e. The Morgan fingerprint density at radius 2 is 1.42 bits per heavy atom. The van der Waals surface area contributed by atoms with Crippen molar-refractivity contribution in [2.45, 2.75) is 18.3 Å². The topological polar surface area (TPSA) is 95.0 Å². The van der Waals surface area contributed by atoms with Gasteiger partial charge in [-0.2, -0.15) is 0 Å². The molecule has 7 nitrogen and oxygen atoms in total. The molecule has 2 aromatic carbocycles. The predicted octanol–water partition coefficient (Wildman–Crippen LogP) is 2.18. The van der Waals surface area contributed by atoms with Crippen molar-refractivity contribution in [3.8, 4) is 0 Å². The molecule has 2 fully saturated rings. The highest BCUT2D eigenvalue weighted by atomic mass is 32.2. The van der Waals surface area contributed by atoms with Crippen molar-refractivity contribution < 1.29 is 23.1 Å². The van der Waals surface area contributed by atoms with E-state index in [1.807, 2.05) is 47.4 Å². The van der Waals surface area contributed by atoms with E-state index in [0.29, 0.717) is 44.6 Å². The lowest BCUT2D eigenvalue weighted by molar-refractivity contribution is -0.145. The summed E-state index contributed by atoms with van der Waals surface area (Å²) in [5, 5.41) is 9.93. The minimum absolute atomic E-state index is 0.111. The predicted molar refractivity (Wildman–Crippen MR) is 118 cm³/mol. The minimum atomic E-state index is -2.94. The zero-order valence-electron chi connectivity index (χ0n) is 17.2. The molecule has 1 N–H and O–H groups in total. The molecular weight excluding hydrogens is 416 g/mol. The number of hydrogen-bond donors (Lipinski definition) is 1. The van der Waals surface area contributed by atoms with E-state index in [1.165, 1.54) is 0 Å². The number of likely N-dealkylation sites (tertiary alicyclic amines) is 1. The fourth-order valence-corrected chi connectivity index (χ4v) is 5.64. The number of rotatable bonds is 4. The van der Waals surface area contributed by atoms with Gasteiger partial charge in [-0.1, -0.05) is 30.3 Å². The van der Waals surface area contributed by atoms with Crippen molar-refractivity contribution in [3.63, 3.8) is 0 Å². The molecule has 2 aliphatic heterocycles. The largest absolute Gasteiger partial charge is 0.481 e. The minimum Gasteiger partial charge on any atom is -0.481 e. The summed E-state index contributed by atoms with van der Waals surface area (Å²) in [5.41, 5.74) is 1.27. The highest BCUT2D eigenvalue weighted by Gasteiger charge is 2.43. The normalized spacial score (nSPS) is 20.3. The third-order valence-corrected chi connectivity index (χ3v) is 8.07. The van der Waals surface area contributed by atoms with Crippen LogP contribution in [0.4, 0.5) is 5.69 Å². The first-order chi connectivity index (χ1) is 14.8. The third kappa shape index (κ3) is 4.30. The summed E-state index contributed by atoms with van der Waals surface area (Å²) in [6.45, 7) is 1.68. The number of hydrogen-bond acceptors (Lipinski definition) is 5. The van der Waals surface area contributed by atoms with Crippen LogP contribution in [0.3, 0.4) is 0 Å². The van der Waals surface area contributed by atoms with Gasteiger partial charge in [-0.15, -0.1) is 0 Å². The molecule has 2 saturated heterocycles. The van der Waals surface area contributed by atoms with Gasteiger partial charge < -0.3 is 14.9 Å². The molecule has 4 rings (SSSR count). The van der Waals surface area contributed by atoms with Gasteiger partial charge in [0.15, 0.2) is 9.84 Å². The number of piperidine rings is 1. The molecule has 1 amide bonds. The lowest BCUT2D eigenvalue weighted by Crippen LogP contribution is -2.49. The third-order valence-electron chi connectivity index (χ3n) is 6.46. The first-order valence-electron chi connectivity index (χ1n) is 10.4. The summed E-state index contributed by atoms with van der Waals surface area (Å²) >= 11 is 0. The van der Waals surface area contributed by atoms with E-state index in [1.54, 1.807) is 17.0 Å². The molecule has 164 valence electrons. The van der Waals surface area contributed by atoms with Gasteiger partial charge in [0.2, 0.25) is 0 Å². The van der Waals surface area contributed by atoms with Crippen molar-refractivity contribution in [1.29, 1.82) is 0 Å². The standard InChI is InChI=1S/C23H26N2O5S/c26-21(18-6-8-20(9-7-18)24-14-16-31(29,30)17-15-24)25-12-10-23(11-13-25,22(27)28)19-4-2-1-3-5-19/h1-9H,10-17H2,(H,27,28). The number of benzene rings is 2. The molecule has 2 aromatic rings. The molecule has 0 atom stereocenters. The molecule has 0 aromatic heterocycles. The average Bonchev–Trinajstić information content (AvgIpc) is 2.79. The number of nitrogens with zero attached hydrogens (tertiary/aromatic N) is 2. The maximum absolute atomic E-state index is 13.0. The summed E-state index contributed by atoms with van der Waals surface area (Å²) in [7, 11) is -2.94. The molecule has 0 bridgehead atoms. The average molecular weight is 443 g/mol. The first-order valence-corrected chi connectivity index (χ1v) is 12.3. The van der Waals surface area contributed by atoms with Crippen LogP contribution < -0.4 is 4.90 Å². The maximum atomic E-state index is 13.0. The van der Waals surface area contributed by atoms with Crippen LogP contribution >= 0.6 is 0 Å². The first kappa shape index (κ1) is 21.4. The second-order valence-electron chi connectivity index (χ2n) is 8.23. The Labute approximate surface area is 182 Å². The van der Waals surface area contributed by atoms with E-state index < -0.39 is 21.2 Å². The van der Waals surface area contributed by atoms with Crippen LogP contribution in [0.25, 0.3) is 0 Å². The molecule has 0 unspecified atom stereocenters. The van der Waals surface area contributed by atoms with Gasteiger partial charge in [0.1, 0.15) is 0 Å². The van der Waals surface area contributed by atoms with Crippen molar-refractivity contribution in [1.82, 2.24) is 4.90 Å². The molecule has 0 aliphatic carbocycles. The number of anilines is 1. The van der Waals surface area contributed by atoms with Crippen LogP contribution in [0.15, 0.2) is 54.6 Å². The Morgan fingerprint density at radius 3 is 1.97 bits per heavy atom. The fraction of sp³-hybridized carbons (Fsp3) is 0.391. The Hall–Kier alpha value is -2.87. The highest BCUT2D eigenvalue weighted by molar-refractivity contribution is 7.91. The van der Waals surface area contributed by atoms with E-state index in [-0.39, 0.29) is 17.4 Å². The number of carbonyl (C=O) groups excluding carboxylic acids is 1. The number of carboxylic acid groups (broad SMARTS) is 1. The molecule has 0 saturated carbocycles. The monoisotopic (exact) mass is 442 g/mol. The van der Waals surface area contributed by atoms with E-state index in [2.05, 4.69) is 0 Å². The van der Waals surface area contributed by atoms with Gasteiger partial charge >= 0.3 is 5.97 Å². The van der Waals surface area contributed by atoms with Crippen LogP contribution in [0.1, 0.15) is 28.8 Å². The van der Waals surface area contributed by atoms with Crippen LogP contribution in [0, 0.1) is 0 Å². The van der Waals surface area contributed by atoms with Gasteiger partial charge in [0.05, 0.1) is 16.9 Å². The Morgan fingerprint density at radius 1 is 0.839 bits per heavy atom. The molecule has 2 heterocycles. The van der Waals surface area contributed by atoms with Crippen LogP contribution in [0.2, 0.25) is 0 Å². The zero-order valence-corrected chi connectivity index (χ0v) is 18.1. The fourth-order valence-electron chi connectivity index (χ4n) is 4.44. The van der Waals surface area contributed by atoms with Gasteiger partial charge in [0, 0.05) is 37.4 Å². The Kier molecular flexibility index (Phi) is 5.75. The molecule has 0 spiro atoms. The summed E-state index contributed by atoms with van der Waals surface area (Å²) in [5.74, 6) is -0.666. The Bertz CT molecular complexity index is 1040. The number of sulfone groups is 1. The van der Waals surface area contributed by atoms with E-state index in [4.69, 9.17) is 0 Å². The second kappa shape index (κ2) is 8.34. The smallest absolute Gasteiger partial charge is 0.314 e. The van der Waals surface area contributed by atoms with Crippen molar-refractivity contribution in [2.75, 3.05) is 42.6 Å². The number of amides is 1. The number of aliphatic carboxylic acids is 1. The summed E-state index contributed by atoms with van der Waals surface area (Å²) < 4.78 is 23.2. The lowest BCUT2D eigenvalue weighted by Gasteiger charge is -2.39. The van der Waals surface area contributed by atoms with Crippen LogP contribution in [0.5, 0.6) is 0 Å². The van der Waals surface area contributed by atoms with Crippen molar-refractivity contribution in [3.05, 3.63) is 65.7 Å². The van der Waals surface area contributed by atoms with Gasteiger partial charge in [-0.05, 0) is 42.7 Å². The second-order valence-corrected chi connectivity index (χ2v) is 10.5. The SMILES string of the molecule is O=C(c1ccc(N2CCS(=O)(=O)CC2)cc1)N1CCC(C(=O)O)(c2ccccc2)CC1. The molecular formula is C23H26N2O5S. The quantitative estimate of drug-likeness (QED) is 0.780. The van der Waals surface area contributed by atoms with Crippen molar-refractivity contribution >= 4 is 27.4 Å². The van der Waals surface area contributed by atoms with Gasteiger partial charge in [-0.3, -0.25) is 9.59 Å². The van der Waals surface area contributed by atoms with Gasteiger partial charge in [0.25, 0.3) is 5.91 Å². The van der Waals surface area contributed by atoms with Crippen LogP contribution in [-0.2, 0) is 20.0 Å². The zero-order chi connectivity index (χ0) is 22.1. The molecule has 8 heteroatoms. The number of carboxylic acids is 1. The van der Waals surface area contributed by atoms with E-state index in [9.17, 15) is 23.1 Å². The molecule has 0 radical (unpaired) electrons. The van der Waals surface area contributed by atoms with Gasteiger partial charge in [-0.25, -0.2) is 8.42 Å². The van der Waals surface area contributed by atoms with E-state index >= 15 is 0 Å². The summed E-state index contributed by atoms with van der Waals surface area (Å²) in [4.78, 5) is 28.8. The van der Waals surface area contributed by atoms with Crippen LogP contribution in [-0.4, -0.2) is 68.0 Å². The molecule has 2 aliphatic rings. The Balaban J connectivity index is 1.42.